The molecule has 1 fully saturated rings. The van der Waals surface area contributed by atoms with Crippen molar-refractivity contribution in [1.29, 1.82) is 0 Å². The number of aromatic amines is 1. The summed E-state index contributed by atoms with van der Waals surface area (Å²) < 4.78 is 5.01. The number of nitrogens with one attached hydrogen (secondary N) is 3. The van der Waals surface area contributed by atoms with Crippen LogP contribution in [0.25, 0.3) is 10.9 Å². The highest BCUT2D eigenvalue weighted by molar-refractivity contribution is 7.13. The van der Waals surface area contributed by atoms with E-state index in [1.54, 1.807) is 23.1 Å². The molecule has 10 nitrogen and oxygen atoms in total. The van der Waals surface area contributed by atoms with Crippen LogP contribution in [0.2, 0.25) is 5.02 Å². The third-order valence-corrected chi connectivity index (χ3v) is 8.13. The van der Waals surface area contributed by atoms with Gasteiger partial charge in [-0.15, -0.1) is 23.7 Å². The number of carbonyl (C=O) groups excluding carboxylic acids is 3. The second-order valence-corrected chi connectivity index (χ2v) is 11.0. The Balaban J connectivity index is 0.00000336. The van der Waals surface area contributed by atoms with E-state index < -0.39 is 6.04 Å². The highest BCUT2D eigenvalue weighted by Gasteiger charge is 2.35. The summed E-state index contributed by atoms with van der Waals surface area (Å²) in [5, 5.41) is 7.92. The summed E-state index contributed by atoms with van der Waals surface area (Å²) in [6.45, 7) is 2.35. The Morgan fingerprint density at radius 1 is 1.18 bits per heavy atom. The van der Waals surface area contributed by atoms with Crippen molar-refractivity contribution in [3.63, 3.8) is 0 Å². The van der Waals surface area contributed by atoms with E-state index in [2.05, 4.69) is 25.5 Å². The van der Waals surface area contributed by atoms with Gasteiger partial charge in [0.25, 0.3) is 11.8 Å². The fourth-order valence-electron chi connectivity index (χ4n) is 4.83. The van der Waals surface area contributed by atoms with Crippen LogP contribution in [0.4, 0.5) is 0 Å². The number of H-pyrrole nitrogens is 1. The number of methoxy groups -OCH3 is 1. The zero-order valence-electron chi connectivity index (χ0n) is 21.1. The normalized spacial score (nSPS) is 19.5. The molecule has 0 radical (unpaired) electrons. The van der Waals surface area contributed by atoms with Gasteiger partial charge in [0.15, 0.2) is 5.01 Å². The highest BCUT2D eigenvalue weighted by Crippen LogP contribution is 2.25. The number of halogens is 2. The molecule has 1 saturated heterocycles. The molecule has 3 N–H and O–H groups in total. The van der Waals surface area contributed by atoms with Crippen LogP contribution in [0, 0.1) is 0 Å². The van der Waals surface area contributed by atoms with E-state index in [4.69, 9.17) is 16.3 Å². The van der Waals surface area contributed by atoms with Crippen molar-refractivity contribution in [3.05, 3.63) is 50.6 Å². The van der Waals surface area contributed by atoms with Crippen molar-refractivity contribution in [2.45, 2.75) is 31.5 Å². The number of piperidine rings is 1. The van der Waals surface area contributed by atoms with E-state index in [0.717, 1.165) is 41.0 Å². The van der Waals surface area contributed by atoms with Gasteiger partial charge in [-0.1, -0.05) is 11.6 Å². The molecule has 13 heteroatoms. The second-order valence-electron chi connectivity index (χ2n) is 9.51. The molecular weight excluding hydrogens is 551 g/mol. The van der Waals surface area contributed by atoms with Gasteiger partial charge < -0.3 is 30.2 Å². The van der Waals surface area contributed by atoms with E-state index in [0.29, 0.717) is 28.7 Å². The van der Waals surface area contributed by atoms with E-state index >= 15 is 0 Å². The minimum absolute atomic E-state index is 0. The SMILES string of the molecule is COCC(=O)N1CC[C@@H](NC(=O)c2cc3cc(Cl)ccc3[nH]2)[C@H](NC(=O)c2nc3c(s2)CN(C)CC3)C1.Cl. The Bertz CT molecular complexity index is 1340. The molecule has 1 aromatic carbocycles. The van der Waals surface area contributed by atoms with Gasteiger partial charge in [-0.3, -0.25) is 14.4 Å². The van der Waals surface area contributed by atoms with Gasteiger partial charge in [-0.05, 0) is 37.7 Å². The lowest BCUT2D eigenvalue weighted by molar-refractivity contribution is -0.136. The Hall–Kier alpha value is -2.70. The monoisotopic (exact) mass is 580 g/mol. The van der Waals surface area contributed by atoms with Crippen LogP contribution in [0.3, 0.4) is 0 Å². The summed E-state index contributed by atoms with van der Waals surface area (Å²) in [6.07, 6.45) is 1.30. The average molecular weight is 582 g/mol. The number of ether oxygens (including phenoxy) is 1. The van der Waals surface area contributed by atoms with Gasteiger partial charge >= 0.3 is 0 Å². The molecule has 2 aromatic heterocycles. The van der Waals surface area contributed by atoms with Crippen LogP contribution >= 0.6 is 35.3 Å². The Morgan fingerprint density at radius 2 is 1.97 bits per heavy atom. The number of fused-ring (bicyclic) bond motifs is 2. The molecule has 0 aliphatic carbocycles. The standard InChI is InChI=1S/C25H29ClN6O4S.ClH/c1-31-7-5-18-21(12-31)37-25(30-18)24(35)29-20-11-32(22(33)13-36-2)8-6-17(20)28-23(34)19-10-14-9-15(26)3-4-16(14)27-19;/h3-4,9-10,17,20,27H,5-8,11-13H2,1-2H3,(H,28,34)(H,29,35);1H/t17-,20-;/m1./s1. The summed E-state index contributed by atoms with van der Waals surface area (Å²) in [5.74, 6) is -0.750. The van der Waals surface area contributed by atoms with E-state index in [-0.39, 0.29) is 49.3 Å². The quantitative estimate of drug-likeness (QED) is 0.412. The van der Waals surface area contributed by atoms with Gasteiger partial charge in [0, 0.05) is 60.5 Å². The van der Waals surface area contributed by atoms with Gasteiger partial charge in [0.05, 0.1) is 17.8 Å². The number of nitrogens with zero attached hydrogens (tertiary/aromatic N) is 3. The molecule has 2 atom stereocenters. The average Bonchev–Trinajstić information content (AvgIpc) is 3.49. The van der Waals surface area contributed by atoms with Crippen LogP contribution in [0.5, 0.6) is 0 Å². The molecule has 2 aliphatic rings. The molecule has 5 rings (SSSR count). The zero-order valence-corrected chi connectivity index (χ0v) is 23.5. The molecule has 4 heterocycles. The maximum atomic E-state index is 13.2. The van der Waals surface area contributed by atoms with Crippen LogP contribution < -0.4 is 10.6 Å². The fraction of sp³-hybridized carbons (Fsp3) is 0.440. The van der Waals surface area contributed by atoms with Crippen molar-refractivity contribution < 1.29 is 19.1 Å². The maximum Gasteiger partial charge on any atom is 0.280 e. The topological polar surface area (TPSA) is 120 Å². The first-order chi connectivity index (χ1) is 17.8. The zero-order chi connectivity index (χ0) is 26.1. The van der Waals surface area contributed by atoms with Gasteiger partial charge in [0.2, 0.25) is 5.91 Å². The van der Waals surface area contributed by atoms with Crippen LogP contribution in [-0.2, 0) is 22.5 Å². The Labute approximate surface area is 235 Å². The first-order valence-corrected chi connectivity index (χ1v) is 13.3. The lowest BCUT2D eigenvalue weighted by Gasteiger charge is -2.39. The molecule has 0 unspecified atom stereocenters. The number of likely N-dealkylation sites (tertiary alicyclic amines) is 1. The number of rotatable bonds is 6. The van der Waals surface area contributed by atoms with Crippen LogP contribution in [0.15, 0.2) is 24.3 Å². The first-order valence-electron chi connectivity index (χ1n) is 12.1. The number of amides is 3. The smallest absolute Gasteiger partial charge is 0.280 e. The minimum atomic E-state index is -0.492. The predicted octanol–water partition coefficient (Wildman–Crippen LogP) is 2.46. The van der Waals surface area contributed by atoms with E-state index in [9.17, 15) is 14.4 Å². The number of hydrogen-bond acceptors (Lipinski definition) is 7. The van der Waals surface area contributed by atoms with Crippen molar-refractivity contribution in [1.82, 2.24) is 30.4 Å². The Kier molecular flexibility index (Phi) is 8.94. The number of hydrogen-bond donors (Lipinski definition) is 3. The first kappa shape index (κ1) is 28.3. The predicted molar refractivity (Wildman–Crippen MR) is 148 cm³/mol. The summed E-state index contributed by atoms with van der Waals surface area (Å²) in [6, 6.07) is 6.25. The van der Waals surface area contributed by atoms with Gasteiger partial charge in [-0.25, -0.2) is 4.98 Å². The largest absolute Gasteiger partial charge is 0.375 e. The van der Waals surface area contributed by atoms with Gasteiger partial charge in [-0.2, -0.15) is 0 Å². The molecule has 38 heavy (non-hydrogen) atoms. The fourth-order valence-corrected chi connectivity index (χ4v) is 6.11. The van der Waals surface area contributed by atoms with Crippen LogP contribution in [0.1, 0.15) is 37.3 Å². The minimum Gasteiger partial charge on any atom is -0.375 e. The van der Waals surface area contributed by atoms with Crippen molar-refractivity contribution >= 4 is 64.0 Å². The number of benzene rings is 1. The molecule has 0 spiro atoms. The number of thiazole rings is 1. The number of carbonyl (C=O) groups is 3. The summed E-state index contributed by atoms with van der Waals surface area (Å²) >= 11 is 7.48. The second kappa shape index (κ2) is 12.0. The lowest BCUT2D eigenvalue weighted by Crippen LogP contribution is -2.61. The third kappa shape index (κ3) is 6.13. The van der Waals surface area contributed by atoms with Gasteiger partial charge in [0.1, 0.15) is 12.3 Å². The molecule has 204 valence electrons. The molecule has 2 aliphatic heterocycles. The molecular formula is C25H30Cl2N6O4S. The number of likely N-dealkylation sites (N-methyl/N-ethyl adjacent to an activating group) is 1. The summed E-state index contributed by atoms with van der Waals surface area (Å²) in [7, 11) is 3.52. The molecule has 0 saturated carbocycles. The molecule has 3 amide bonds. The van der Waals surface area contributed by atoms with E-state index in [1.165, 1.54) is 18.4 Å². The van der Waals surface area contributed by atoms with Crippen molar-refractivity contribution in [3.8, 4) is 0 Å². The molecule has 3 aromatic rings. The third-order valence-electron chi connectivity index (χ3n) is 6.81. The lowest BCUT2D eigenvalue weighted by atomic mass is 9.98. The maximum absolute atomic E-state index is 13.2. The van der Waals surface area contributed by atoms with E-state index in [1.807, 2.05) is 13.1 Å². The molecule has 0 bridgehead atoms. The van der Waals surface area contributed by atoms with Crippen molar-refractivity contribution in [2.24, 2.45) is 0 Å². The number of aromatic nitrogens is 2. The van der Waals surface area contributed by atoms with Crippen LogP contribution in [-0.4, -0.2) is 90.0 Å². The Morgan fingerprint density at radius 3 is 2.76 bits per heavy atom. The highest BCUT2D eigenvalue weighted by atomic mass is 35.5. The summed E-state index contributed by atoms with van der Waals surface area (Å²) in [4.78, 5) is 51.5. The van der Waals surface area contributed by atoms with Crippen molar-refractivity contribution in [2.75, 3.05) is 40.4 Å². The summed E-state index contributed by atoms with van der Waals surface area (Å²) in [5.41, 5.74) is 2.17.